The van der Waals surface area contributed by atoms with E-state index in [-0.39, 0.29) is 0 Å². The molecule has 0 bridgehead atoms. The predicted octanol–water partition coefficient (Wildman–Crippen LogP) is -0.630. The van der Waals surface area contributed by atoms with Gasteiger partial charge in [0.05, 0.1) is 0 Å². The normalized spacial score (nSPS) is 18.5. The molecule has 0 unspecified atom stereocenters. The Morgan fingerprint density at radius 1 is 1.09 bits per heavy atom. The predicted molar refractivity (Wildman–Crippen MR) is 29.3 cm³/mol. The van der Waals surface area contributed by atoms with Gasteiger partial charge in [-0.15, -0.1) is 0 Å². The summed E-state index contributed by atoms with van der Waals surface area (Å²) in [7, 11) is 0. The molecule has 6 heteroatoms. The van der Waals surface area contributed by atoms with E-state index < -0.39 is 17.7 Å². The highest BCUT2D eigenvalue weighted by atomic mass is 16.8. The van der Waals surface area contributed by atoms with Crippen LogP contribution >= 0.6 is 0 Å². The molecule has 0 radical (unpaired) electrons. The summed E-state index contributed by atoms with van der Waals surface area (Å²) in [6.07, 6.45) is 1.73. The standard InChI is InChI=1S/C5H4O6/c6-3(7)5(4(8)9)10-1-2-11-5/h1-2H,(H,6,7)(H,8,9). The topological polar surface area (TPSA) is 93.1 Å². The first kappa shape index (κ1) is 7.39. The lowest BCUT2D eigenvalue weighted by molar-refractivity contribution is -0.209. The van der Waals surface area contributed by atoms with Crippen LogP contribution < -0.4 is 0 Å². The zero-order valence-corrected chi connectivity index (χ0v) is 5.18. The molecule has 0 aliphatic carbocycles. The number of ether oxygens (including phenoxy) is 2. The van der Waals surface area contributed by atoms with Crippen molar-refractivity contribution in [2.24, 2.45) is 0 Å². The fourth-order valence-corrected chi connectivity index (χ4v) is 0.568. The van der Waals surface area contributed by atoms with Gasteiger partial charge < -0.3 is 19.7 Å². The number of carboxylic acids is 2. The van der Waals surface area contributed by atoms with E-state index in [4.69, 9.17) is 10.2 Å². The Morgan fingerprint density at radius 3 is 1.64 bits per heavy atom. The van der Waals surface area contributed by atoms with Crippen molar-refractivity contribution in [1.29, 1.82) is 0 Å². The minimum atomic E-state index is -2.58. The number of hydrogen-bond donors (Lipinski definition) is 2. The molecule has 0 fully saturated rings. The second-order valence-corrected chi connectivity index (χ2v) is 1.73. The maximum Gasteiger partial charge on any atom is 0.452 e. The van der Waals surface area contributed by atoms with Crippen molar-refractivity contribution in [3.63, 3.8) is 0 Å². The van der Waals surface area contributed by atoms with E-state index in [9.17, 15) is 9.59 Å². The van der Waals surface area contributed by atoms with Crippen molar-refractivity contribution in [3.8, 4) is 0 Å². The monoisotopic (exact) mass is 160 g/mol. The maximum atomic E-state index is 10.3. The minimum absolute atomic E-state index is 0.863. The van der Waals surface area contributed by atoms with Gasteiger partial charge in [-0.3, -0.25) is 0 Å². The van der Waals surface area contributed by atoms with Crippen molar-refractivity contribution < 1.29 is 29.3 Å². The summed E-state index contributed by atoms with van der Waals surface area (Å²) in [4.78, 5) is 20.6. The second-order valence-electron chi connectivity index (χ2n) is 1.73. The Morgan fingerprint density at radius 2 is 1.45 bits per heavy atom. The number of carbonyl (C=O) groups is 2. The van der Waals surface area contributed by atoms with Crippen molar-refractivity contribution >= 4 is 11.9 Å². The molecule has 0 amide bonds. The molecule has 0 spiro atoms. The largest absolute Gasteiger partial charge is 0.475 e. The van der Waals surface area contributed by atoms with Gasteiger partial charge >= 0.3 is 17.7 Å². The molecule has 1 aliphatic rings. The third-order valence-corrected chi connectivity index (χ3v) is 1.09. The first-order chi connectivity index (χ1) is 5.09. The molecule has 1 aliphatic heterocycles. The van der Waals surface area contributed by atoms with Crippen LogP contribution in [0.1, 0.15) is 0 Å². The van der Waals surface area contributed by atoms with Crippen LogP contribution in [0.4, 0.5) is 0 Å². The van der Waals surface area contributed by atoms with E-state index >= 15 is 0 Å². The third-order valence-electron chi connectivity index (χ3n) is 1.09. The van der Waals surface area contributed by atoms with E-state index in [1.807, 2.05) is 0 Å². The van der Waals surface area contributed by atoms with Crippen molar-refractivity contribution in [3.05, 3.63) is 12.5 Å². The van der Waals surface area contributed by atoms with E-state index in [1.54, 1.807) is 0 Å². The molecule has 6 nitrogen and oxygen atoms in total. The van der Waals surface area contributed by atoms with Gasteiger partial charge in [-0.25, -0.2) is 9.59 Å². The fourth-order valence-electron chi connectivity index (χ4n) is 0.568. The Bertz CT molecular complexity index is 205. The summed E-state index contributed by atoms with van der Waals surface area (Å²) in [5.74, 6) is -5.98. The molecule has 0 saturated carbocycles. The van der Waals surface area contributed by atoms with E-state index in [0.717, 1.165) is 12.5 Å². The minimum Gasteiger partial charge on any atom is -0.475 e. The van der Waals surface area contributed by atoms with Crippen LogP contribution in [0.3, 0.4) is 0 Å². The molecule has 2 N–H and O–H groups in total. The van der Waals surface area contributed by atoms with Gasteiger partial charge in [0.15, 0.2) is 0 Å². The number of aliphatic carboxylic acids is 2. The van der Waals surface area contributed by atoms with Crippen LogP contribution in [-0.4, -0.2) is 27.9 Å². The highest BCUT2D eigenvalue weighted by Gasteiger charge is 2.53. The smallest absolute Gasteiger partial charge is 0.452 e. The molecule has 0 atom stereocenters. The molecule has 0 saturated heterocycles. The SMILES string of the molecule is O=C(O)C1(C(=O)O)OC=CO1. The lowest BCUT2D eigenvalue weighted by Crippen LogP contribution is -2.47. The van der Waals surface area contributed by atoms with Crippen LogP contribution in [0.2, 0.25) is 0 Å². The van der Waals surface area contributed by atoms with Gasteiger partial charge in [-0.2, -0.15) is 0 Å². The van der Waals surface area contributed by atoms with E-state index in [2.05, 4.69) is 9.47 Å². The number of rotatable bonds is 2. The Labute approximate surface area is 60.6 Å². The zero-order valence-electron chi connectivity index (χ0n) is 5.18. The van der Waals surface area contributed by atoms with Crippen molar-refractivity contribution in [2.45, 2.75) is 5.79 Å². The van der Waals surface area contributed by atoms with Crippen LogP contribution in [0, 0.1) is 0 Å². The summed E-state index contributed by atoms with van der Waals surface area (Å²) in [6, 6.07) is 0. The quantitative estimate of drug-likeness (QED) is 0.522. The van der Waals surface area contributed by atoms with Gasteiger partial charge in [-0.05, 0) is 0 Å². The summed E-state index contributed by atoms with van der Waals surface area (Å²) in [6.45, 7) is 0. The number of carboxylic acid groups (broad SMARTS) is 2. The first-order valence-corrected chi connectivity index (χ1v) is 2.57. The van der Waals surface area contributed by atoms with Crippen molar-refractivity contribution in [1.82, 2.24) is 0 Å². The lowest BCUT2D eigenvalue weighted by atomic mass is 10.3. The molecule has 11 heavy (non-hydrogen) atoms. The summed E-state index contributed by atoms with van der Waals surface area (Å²) in [5, 5.41) is 16.7. The third kappa shape index (κ3) is 0.878. The van der Waals surface area contributed by atoms with Gasteiger partial charge in [0.2, 0.25) is 0 Å². The molecule has 1 rings (SSSR count). The summed E-state index contributed by atoms with van der Waals surface area (Å²) < 4.78 is 8.52. The van der Waals surface area contributed by atoms with Gasteiger partial charge in [0.1, 0.15) is 12.5 Å². The Balaban J connectivity index is 2.90. The molecular weight excluding hydrogens is 156 g/mol. The highest BCUT2D eigenvalue weighted by Crippen LogP contribution is 2.20. The van der Waals surface area contributed by atoms with Gasteiger partial charge in [0, 0.05) is 0 Å². The highest BCUT2D eigenvalue weighted by molar-refractivity contribution is 6.00. The van der Waals surface area contributed by atoms with E-state index in [1.165, 1.54) is 0 Å². The molecule has 0 aromatic heterocycles. The van der Waals surface area contributed by atoms with Crippen molar-refractivity contribution in [2.75, 3.05) is 0 Å². The fraction of sp³-hybridized carbons (Fsp3) is 0.200. The first-order valence-electron chi connectivity index (χ1n) is 2.57. The maximum absolute atomic E-state index is 10.3. The van der Waals surface area contributed by atoms with Crippen LogP contribution in [-0.2, 0) is 19.1 Å². The molecule has 0 aromatic carbocycles. The molecular formula is C5H4O6. The molecule has 1 heterocycles. The van der Waals surface area contributed by atoms with Gasteiger partial charge in [-0.1, -0.05) is 0 Å². The van der Waals surface area contributed by atoms with Gasteiger partial charge in [0.25, 0.3) is 0 Å². The summed E-state index contributed by atoms with van der Waals surface area (Å²) >= 11 is 0. The average Bonchev–Trinajstić information content (AvgIpc) is 2.34. The molecule has 60 valence electrons. The zero-order chi connectivity index (χ0) is 8.48. The molecule has 0 aromatic rings. The second kappa shape index (κ2) is 2.15. The number of hydrogen-bond acceptors (Lipinski definition) is 4. The van der Waals surface area contributed by atoms with E-state index in [0.29, 0.717) is 0 Å². The van der Waals surface area contributed by atoms with Crippen LogP contribution in [0.15, 0.2) is 12.5 Å². The summed E-state index contributed by atoms with van der Waals surface area (Å²) in [5.41, 5.74) is 0. The Hall–Kier alpha value is -1.72. The van der Waals surface area contributed by atoms with Crippen LogP contribution in [0.5, 0.6) is 0 Å². The average molecular weight is 160 g/mol. The Kier molecular flexibility index (Phi) is 1.45. The van der Waals surface area contributed by atoms with Crippen LogP contribution in [0.25, 0.3) is 0 Å². The lowest BCUT2D eigenvalue weighted by Gasteiger charge is -2.16.